The first kappa shape index (κ1) is 14.7. The summed E-state index contributed by atoms with van der Waals surface area (Å²) in [6.07, 6.45) is 0. The van der Waals surface area contributed by atoms with Gasteiger partial charge < -0.3 is 5.73 Å². The molecular formula is C10H13ClN6O2S. The Morgan fingerprint density at radius 3 is 2.75 bits per heavy atom. The van der Waals surface area contributed by atoms with Gasteiger partial charge in [0.2, 0.25) is 10.0 Å². The third-order valence-electron chi connectivity index (χ3n) is 2.74. The predicted molar refractivity (Wildman–Crippen MR) is 73.5 cm³/mol. The van der Waals surface area contributed by atoms with Crippen LogP contribution in [0.25, 0.3) is 0 Å². The third kappa shape index (κ3) is 2.89. The lowest BCUT2D eigenvalue weighted by atomic mass is 10.2. The second-order valence-corrected chi connectivity index (χ2v) is 6.35. The molecule has 8 nitrogen and oxygen atoms in total. The smallest absolute Gasteiger partial charge is 0.241 e. The first-order chi connectivity index (χ1) is 9.31. The fourth-order valence-corrected chi connectivity index (χ4v) is 3.45. The van der Waals surface area contributed by atoms with Crippen molar-refractivity contribution in [2.45, 2.75) is 24.8 Å². The van der Waals surface area contributed by atoms with Gasteiger partial charge >= 0.3 is 0 Å². The lowest BCUT2D eigenvalue weighted by Crippen LogP contribution is -2.28. The normalized spacial score (nSPS) is 13.3. The third-order valence-corrected chi connectivity index (χ3v) is 4.62. The standard InChI is InChI=1S/C10H13ClN6O2S/c1-5-8(12)3-7(11)4-9(5)20(18,19)15-6(2)10-13-16-17-14-10/h3-4,6,15H,12H2,1-2H3,(H,13,14,16,17). The quantitative estimate of drug-likeness (QED) is 0.715. The van der Waals surface area contributed by atoms with E-state index in [1.807, 2.05) is 0 Å². The molecule has 0 bridgehead atoms. The van der Waals surface area contributed by atoms with Crippen LogP contribution in [0.15, 0.2) is 17.0 Å². The van der Waals surface area contributed by atoms with Gasteiger partial charge in [-0.15, -0.1) is 10.2 Å². The highest BCUT2D eigenvalue weighted by Gasteiger charge is 2.23. The molecule has 2 rings (SSSR count). The molecule has 0 fully saturated rings. The number of aromatic amines is 1. The van der Waals surface area contributed by atoms with Crippen molar-refractivity contribution in [2.24, 2.45) is 0 Å². The topological polar surface area (TPSA) is 127 Å². The van der Waals surface area contributed by atoms with E-state index in [2.05, 4.69) is 25.3 Å². The lowest BCUT2D eigenvalue weighted by molar-refractivity contribution is 0.559. The Hall–Kier alpha value is -1.71. The molecule has 4 N–H and O–H groups in total. The van der Waals surface area contributed by atoms with E-state index in [1.54, 1.807) is 13.8 Å². The molecule has 2 aromatic rings. The molecule has 0 aliphatic carbocycles. The Kier molecular flexibility index (Phi) is 3.93. The number of tetrazole rings is 1. The molecule has 0 saturated carbocycles. The van der Waals surface area contributed by atoms with E-state index in [1.165, 1.54) is 12.1 Å². The van der Waals surface area contributed by atoms with Crippen LogP contribution in [0.2, 0.25) is 5.02 Å². The zero-order valence-corrected chi connectivity index (χ0v) is 12.3. The minimum atomic E-state index is -3.80. The van der Waals surface area contributed by atoms with E-state index in [0.717, 1.165) is 0 Å². The van der Waals surface area contributed by atoms with Crippen LogP contribution >= 0.6 is 11.6 Å². The molecule has 20 heavy (non-hydrogen) atoms. The highest BCUT2D eigenvalue weighted by Crippen LogP contribution is 2.26. The summed E-state index contributed by atoms with van der Waals surface area (Å²) in [7, 11) is -3.80. The van der Waals surface area contributed by atoms with Gasteiger partial charge in [-0.1, -0.05) is 16.8 Å². The molecule has 0 spiro atoms. The molecule has 10 heteroatoms. The molecule has 108 valence electrons. The minimum absolute atomic E-state index is 0.0258. The number of rotatable bonds is 4. The van der Waals surface area contributed by atoms with E-state index < -0.39 is 16.1 Å². The van der Waals surface area contributed by atoms with Crippen molar-refractivity contribution in [1.29, 1.82) is 0 Å². The number of hydrogen-bond acceptors (Lipinski definition) is 6. The minimum Gasteiger partial charge on any atom is -0.398 e. The number of hydrogen-bond donors (Lipinski definition) is 3. The first-order valence-electron chi connectivity index (χ1n) is 5.62. The van der Waals surface area contributed by atoms with Crippen molar-refractivity contribution < 1.29 is 8.42 Å². The van der Waals surface area contributed by atoms with Crippen LogP contribution in [-0.2, 0) is 10.0 Å². The van der Waals surface area contributed by atoms with E-state index in [4.69, 9.17) is 17.3 Å². The van der Waals surface area contributed by atoms with Gasteiger partial charge in [0.1, 0.15) is 0 Å². The van der Waals surface area contributed by atoms with Crippen LogP contribution in [0.1, 0.15) is 24.4 Å². The molecule has 1 unspecified atom stereocenters. The zero-order chi connectivity index (χ0) is 14.9. The number of H-pyrrole nitrogens is 1. The second kappa shape index (κ2) is 5.35. The summed E-state index contributed by atoms with van der Waals surface area (Å²) in [6.45, 7) is 3.21. The maximum atomic E-state index is 12.4. The average Bonchev–Trinajstić information content (AvgIpc) is 2.86. The van der Waals surface area contributed by atoms with Crippen LogP contribution < -0.4 is 10.5 Å². The van der Waals surface area contributed by atoms with Crippen molar-refractivity contribution in [1.82, 2.24) is 25.3 Å². The SMILES string of the molecule is Cc1c(N)cc(Cl)cc1S(=O)(=O)NC(C)c1nn[nH]n1. The molecule has 0 aliphatic heterocycles. The Bertz CT molecular complexity index is 716. The van der Waals surface area contributed by atoms with Gasteiger partial charge in [-0.05, 0) is 31.5 Å². The summed E-state index contributed by atoms with van der Waals surface area (Å²) in [5, 5.41) is 13.3. The molecule has 0 amide bonds. The number of anilines is 1. The van der Waals surface area contributed by atoms with Crippen molar-refractivity contribution in [2.75, 3.05) is 5.73 Å². The van der Waals surface area contributed by atoms with E-state index in [9.17, 15) is 8.42 Å². The Labute approximate surface area is 120 Å². The van der Waals surface area contributed by atoms with Crippen LogP contribution in [-0.4, -0.2) is 29.0 Å². The van der Waals surface area contributed by atoms with Crippen LogP contribution in [0, 0.1) is 6.92 Å². The van der Waals surface area contributed by atoms with Crippen LogP contribution in [0.4, 0.5) is 5.69 Å². The van der Waals surface area contributed by atoms with Gasteiger partial charge in [-0.3, -0.25) is 0 Å². The van der Waals surface area contributed by atoms with Crippen molar-refractivity contribution in [3.05, 3.63) is 28.5 Å². The largest absolute Gasteiger partial charge is 0.398 e. The van der Waals surface area contributed by atoms with Gasteiger partial charge in [-0.25, -0.2) is 13.1 Å². The van der Waals surface area contributed by atoms with E-state index >= 15 is 0 Å². The fourth-order valence-electron chi connectivity index (χ4n) is 1.66. The Morgan fingerprint density at radius 1 is 1.45 bits per heavy atom. The molecule has 1 aromatic heterocycles. The van der Waals surface area contributed by atoms with Crippen LogP contribution in [0.5, 0.6) is 0 Å². The number of nitrogens with one attached hydrogen (secondary N) is 2. The average molecular weight is 317 g/mol. The van der Waals surface area contributed by atoms with Gasteiger partial charge in [0.05, 0.1) is 10.9 Å². The Balaban J connectivity index is 2.36. The van der Waals surface area contributed by atoms with E-state index in [-0.39, 0.29) is 15.7 Å². The highest BCUT2D eigenvalue weighted by molar-refractivity contribution is 7.89. The lowest BCUT2D eigenvalue weighted by Gasteiger charge is -2.14. The first-order valence-corrected chi connectivity index (χ1v) is 7.48. The molecule has 0 saturated heterocycles. The number of sulfonamides is 1. The predicted octanol–water partition coefficient (Wildman–Crippen LogP) is 0.783. The summed E-state index contributed by atoms with van der Waals surface area (Å²) >= 11 is 5.85. The summed E-state index contributed by atoms with van der Waals surface area (Å²) in [6, 6.07) is 2.20. The maximum Gasteiger partial charge on any atom is 0.241 e. The van der Waals surface area contributed by atoms with Crippen LogP contribution in [0.3, 0.4) is 0 Å². The monoisotopic (exact) mass is 316 g/mol. The summed E-state index contributed by atoms with van der Waals surface area (Å²) in [5.74, 6) is 0.237. The van der Waals surface area contributed by atoms with Gasteiger partial charge in [0.25, 0.3) is 0 Å². The van der Waals surface area contributed by atoms with E-state index in [0.29, 0.717) is 11.3 Å². The van der Waals surface area contributed by atoms with Gasteiger partial charge in [-0.2, -0.15) is 5.21 Å². The molecule has 1 atom stereocenters. The fraction of sp³-hybridized carbons (Fsp3) is 0.300. The van der Waals surface area contributed by atoms with Crippen molar-refractivity contribution in [3.8, 4) is 0 Å². The number of halogens is 1. The molecule has 1 heterocycles. The summed E-state index contributed by atoms with van der Waals surface area (Å²) in [4.78, 5) is 0.0258. The van der Waals surface area contributed by atoms with Gasteiger partial charge in [0, 0.05) is 10.7 Å². The number of aromatic nitrogens is 4. The van der Waals surface area contributed by atoms with Crippen molar-refractivity contribution in [3.63, 3.8) is 0 Å². The number of nitrogens with two attached hydrogens (primary N) is 1. The molecule has 1 aromatic carbocycles. The molecule has 0 aliphatic rings. The zero-order valence-electron chi connectivity index (χ0n) is 10.8. The summed E-state index contributed by atoms with van der Waals surface area (Å²) < 4.78 is 27.1. The number of nitrogens with zero attached hydrogens (tertiary/aromatic N) is 3. The number of benzene rings is 1. The molecular weight excluding hydrogens is 304 g/mol. The second-order valence-electron chi connectivity index (χ2n) is 4.23. The van der Waals surface area contributed by atoms with Gasteiger partial charge in [0.15, 0.2) is 5.82 Å². The molecule has 0 radical (unpaired) electrons. The number of nitrogen functional groups attached to an aromatic ring is 1. The summed E-state index contributed by atoms with van der Waals surface area (Å²) in [5.41, 5.74) is 6.47. The Morgan fingerprint density at radius 2 is 2.15 bits per heavy atom. The maximum absolute atomic E-state index is 12.4. The highest BCUT2D eigenvalue weighted by atomic mass is 35.5. The van der Waals surface area contributed by atoms with Crippen molar-refractivity contribution >= 4 is 27.3 Å².